The molecule has 0 amide bonds. The number of fused-ring (bicyclic) bond motifs is 1. The van der Waals surface area contributed by atoms with Crippen LogP contribution in [0.3, 0.4) is 0 Å². The lowest BCUT2D eigenvalue weighted by atomic mass is 10.2. The first-order chi connectivity index (χ1) is 10.3. The molecule has 0 N–H and O–H groups in total. The zero-order valence-electron chi connectivity index (χ0n) is 11.7. The fourth-order valence-electron chi connectivity index (χ4n) is 2.23. The van der Waals surface area contributed by atoms with E-state index in [1.54, 1.807) is 6.33 Å². The number of hydrogen-bond donors (Lipinski definition) is 0. The summed E-state index contributed by atoms with van der Waals surface area (Å²) in [7, 11) is 0. The average Bonchev–Trinajstić information content (AvgIpc) is 2.89. The van der Waals surface area contributed by atoms with Gasteiger partial charge in [0.15, 0.2) is 6.29 Å². The van der Waals surface area contributed by atoms with Gasteiger partial charge < -0.3 is 14.2 Å². The van der Waals surface area contributed by atoms with Gasteiger partial charge in [0.1, 0.15) is 15.7 Å². The van der Waals surface area contributed by atoms with Crippen molar-refractivity contribution >= 4 is 28.2 Å². The van der Waals surface area contributed by atoms with E-state index in [-0.39, 0.29) is 6.29 Å². The highest BCUT2D eigenvalue weighted by molar-refractivity contribution is 14.1. The van der Waals surface area contributed by atoms with Crippen molar-refractivity contribution in [1.29, 1.82) is 0 Å². The molecule has 114 valence electrons. The first kappa shape index (κ1) is 15.1. The van der Waals surface area contributed by atoms with Crippen LogP contribution < -0.4 is 0 Å². The summed E-state index contributed by atoms with van der Waals surface area (Å²) in [6.45, 7) is 2.36. The average molecular weight is 403 g/mol. The van der Waals surface area contributed by atoms with Crippen molar-refractivity contribution in [2.24, 2.45) is 0 Å². The standard InChI is InChI=1S/C14H18IN3O3/c15-12-8-16-13-7-11(17-10-18(12)13)9-19-5-6-21-14-3-1-2-4-20-14/h7-8,10,14H,1-6,9H2. The SMILES string of the molecule is Ic1cnc2cc(COCCOC3CCCCO3)ncn12. The first-order valence-electron chi connectivity index (χ1n) is 7.11. The van der Waals surface area contributed by atoms with Crippen LogP contribution in [0.2, 0.25) is 0 Å². The molecule has 0 aromatic carbocycles. The Morgan fingerprint density at radius 3 is 3.14 bits per heavy atom. The zero-order chi connectivity index (χ0) is 14.5. The summed E-state index contributed by atoms with van der Waals surface area (Å²) in [5, 5.41) is 0. The molecular formula is C14H18IN3O3. The van der Waals surface area contributed by atoms with Crippen LogP contribution in [0.4, 0.5) is 0 Å². The number of ether oxygens (including phenoxy) is 3. The number of nitrogens with zero attached hydrogens (tertiary/aromatic N) is 3. The minimum absolute atomic E-state index is 0.0520. The van der Waals surface area contributed by atoms with Crippen molar-refractivity contribution in [2.75, 3.05) is 19.8 Å². The lowest BCUT2D eigenvalue weighted by Crippen LogP contribution is -2.23. The molecule has 0 radical (unpaired) electrons. The second-order valence-electron chi connectivity index (χ2n) is 4.91. The third-order valence-electron chi connectivity index (χ3n) is 3.33. The number of imidazole rings is 1. The Hall–Kier alpha value is -0.770. The van der Waals surface area contributed by atoms with Gasteiger partial charge in [-0.05, 0) is 41.9 Å². The summed E-state index contributed by atoms with van der Waals surface area (Å²) in [5.74, 6) is 0. The molecule has 3 heterocycles. The van der Waals surface area contributed by atoms with E-state index in [1.165, 1.54) is 6.42 Å². The van der Waals surface area contributed by atoms with E-state index >= 15 is 0 Å². The molecule has 1 atom stereocenters. The van der Waals surface area contributed by atoms with E-state index in [0.717, 1.165) is 34.5 Å². The van der Waals surface area contributed by atoms with Gasteiger partial charge in [-0.15, -0.1) is 0 Å². The highest BCUT2D eigenvalue weighted by Crippen LogP contribution is 2.13. The molecule has 2 aromatic rings. The van der Waals surface area contributed by atoms with Crippen LogP contribution in [-0.2, 0) is 20.8 Å². The van der Waals surface area contributed by atoms with Crippen LogP contribution in [0.15, 0.2) is 18.6 Å². The summed E-state index contributed by atoms with van der Waals surface area (Å²) < 4.78 is 19.7. The maximum Gasteiger partial charge on any atom is 0.157 e. The fourth-order valence-corrected chi connectivity index (χ4v) is 2.74. The van der Waals surface area contributed by atoms with Crippen molar-refractivity contribution in [3.05, 3.63) is 28.0 Å². The Labute approximate surface area is 137 Å². The second-order valence-corrected chi connectivity index (χ2v) is 6.01. The minimum Gasteiger partial charge on any atom is -0.373 e. The number of halogens is 1. The van der Waals surface area contributed by atoms with Crippen LogP contribution in [0.1, 0.15) is 25.0 Å². The molecule has 1 unspecified atom stereocenters. The quantitative estimate of drug-likeness (QED) is 0.548. The topological polar surface area (TPSA) is 57.9 Å². The molecule has 1 aliphatic rings. The Kier molecular flexibility index (Phi) is 5.39. The van der Waals surface area contributed by atoms with E-state index in [2.05, 4.69) is 32.6 Å². The van der Waals surface area contributed by atoms with Gasteiger partial charge in [-0.1, -0.05) is 0 Å². The van der Waals surface area contributed by atoms with Gasteiger partial charge in [0.25, 0.3) is 0 Å². The molecule has 1 saturated heterocycles. The minimum atomic E-state index is -0.0520. The Morgan fingerprint density at radius 1 is 1.33 bits per heavy atom. The molecule has 1 fully saturated rings. The number of aromatic nitrogens is 3. The summed E-state index contributed by atoms with van der Waals surface area (Å²) in [6, 6.07) is 1.94. The molecule has 21 heavy (non-hydrogen) atoms. The summed E-state index contributed by atoms with van der Waals surface area (Å²) in [6.07, 6.45) is 6.84. The molecule has 7 heteroatoms. The van der Waals surface area contributed by atoms with Crippen LogP contribution in [0.5, 0.6) is 0 Å². The van der Waals surface area contributed by atoms with Crippen molar-refractivity contribution in [2.45, 2.75) is 32.2 Å². The monoisotopic (exact) mass is 403 g/mol. The van der Waals surface area contributed by atoms with Crippen molar-refractivity contribution < 1.29 is 14.2 Å². The smallest absolute Gasteiger partial charge is 0.157 e. The van der Waals surface area contributed by atoms with Crippen LogP contribution in [0.25, 0.3) is 5.65 Å². The van der Waals surface area contributed by atoms with Crippen LogP contribution >= 0.6 is 22.6 Å². The maximum absolute atomic E-state index is 5.61. The Balaban J connectivity index is 1.39. The molecule has 1 aliphatic heterocycles. The second kappa shape index (κ2) is 7.48. The Morgan fingerprint density at radius 2 is 2.29 bits per heavy atom. The van der Waals surface area contributed by atoms with Gasteiger partial charge in [-0.25, -0.2) is 9.97 Å². The predicted molar refractivity (Wildman–Crippen MR) is 84.9 cm³/mol. The molecule has 2 aromatic heterocycles. The van der Waals surface area contributed by atoms with E-state index in [0.29, 0.717) is 19.8 Å². The molecule has 3 rings (SSSR count). The molecule has 0 saturated carbocycles. The highest BCUT2D eigenvalue weighted by atomic mass is 127. The third kappa shape index (κ3) is 4.12. The summed E-state index contributed by atoms with van der Waals surface area (Å²) in [4.78, 5) is 8.66. The molecule has 0 spiro atoms. The highest BCUT2D eigenvalue weighted by Gasteiger charge is 2.13. The normalized spacial score (nSPS) is 19.2. The predicted octanol–water partition coefficient (Wildman–Crippen LogP) is 2.39. The van der Waals surface area contributed by atoms with E-state index in [9.17, 15) is 0 Å². The molecular weight excluding hydrogens is 385 g/mol. The van der Waals surface area contributed by atoms with Crippen LogP contribution in [-0.4, -0.2) is 40.5 Å². The van der Waals surface area contributed by atoms with Gasteiger partial charge in [-0.2, -0.15) is 0 Å². The lowest BCUT2D eigenvalue weighted by molar-refractivity contribution is -0.169. The fraction of sp³-hybridized carbons (Fsp3) is 0.571. The molecule has 0 bridgehead atoms. The lowest BCUT2D eigenvalue weighted by Gasteiger charge is -2.22. The number of hydrogen-bond acceptors (Lipinski definition) is 5. The van der Waals surface area contributed by atoms with E-state index in [4.69, 9.17) is 14.2 Å². The van der Waals surface area contributed by atoms with Crippen molar-refractivity contribution in [1.82, 2.24) is 14.4 Å². The van der Waals surface area contributed by atoms with Crippen LogP contribution in [0, 0.1) is 3.70 Å². The van der Waals surface area contributed by atoms with Crippen molar-refractivity contribution in [3.63, 3.8) is 0 Å². The van der Waals surface area contributed by atoms with Gasteiger partial charge in [-0.3, -0.25) is 4.40 Å². The molecule has 0 aliphatic carbocycles. The Bertz CT molecular complexity index is 584. The summed E-state index contributed by atoms with van der Waals surface area (Å²) >= 11 is 2.23. The van der Waals surface area contributed by atoms with Gasteiger partial charge in [0, 0.05) is 12.7 Å². The zero-order valence-corrected chi connectivity index (χ0v) is 13.9. The van der Waals surface area contributed by atoms with E-state index in [1.807, 2.05) is 16.7 Å². The first-order valence-corrected chi connectivity index (χ1v) is 8.19. The van der Waals surface area contributed by atoms with E-state index < -0.39 is 0 Å². The number of rotatable bonds is 6. The van der Waals surface area contributed by atoms with Gasteiger partial charge >= 0.3 is 0 Å². The summed E-state index contributed by atoms with van der Waals surface area (Å²) in [5.41, 5.74) is 1.76. The maximum atomic E-state index is 5.61. The van der Waals surface area contributed by atoms with Gasteiger partial charge in [0.05, 0.1) is 31.7 Å². The third-order valence-corrected chi connectivity index (χ3v) is 4.13. The van der Waals surface area contributed by atoms with Crippen molar-refractivity contribution in [3.8, 4) is 0 Å². The largest absolute Gasteiger partial charge is 0.373 e. The molecule has 6 nitrogen and oxygen atoms in total. The van der Waals surface area contributed by atoms with Gasteiger partial charge in [0.2, 0.25) is 0 Å².